The molecule has 11 aromatic rings. The molecule has 8 aromatic carbocycles. The van der Waals surface area contributed by atoms with Crippen molar-refractivity contribution >= 4 is 87.9 Å². The molecule has 0 unspecified atom stereocenters. The Balaban J connectivity index is 1.08. The third-order valence-electron chi connectivity index (χ3n) is 11.5. The Kier molecular flexibility index (Phi) is 6.20. The zero-order valence-corrected chi connectivity index (χ0v) is 29.6. The van der Waals surface area contributed by atoms with Gasteiger partial charge >= 0.3 is 0 Å². The van der Waals surface area contributed by atoms with Crippen LogP contribution in [0.4, 0.5) is 0 Å². The molecule has 0 radical (unpaired) electrons. The smallest absolute Gasteiger partial charge is 0.139 e. The van der Waals surface area contributed by atoms with Crippen LogP contribution in [0.1, 0.15) is 11.1 Å². The standard InChI is InChI=1S/C50H31N3O2/c51-40(29-10-2-1-3-11-29)26-41(31-21-23-45-37(24-31)39-25-38-34-15-6-7-19-44(34)54-46(38)27-47(39)55-45)52-28-53-42-18-9-17-36-33-14-5-4-13-32(33)35-16-8-12-30-20-22-43(53)50(48(30)35)49(36)42/h1-27H,28,51H2/b40-26-,52-41+. The van der Waals surface area contributed by atoms with E-state index in [0.29, 0.717) is 12.4 Å². The molecule has 12 rings (SSSR count). The molecule has 1 aliphatic rings. The molecule has 3 heterocycles. The van der Waals surface area contributed by atoms with Gasteiger partial charge in [0, 0.05) is 49.6 Å². The summed E-state index contributed by atoms with van der Waals surface area (Å²) in [5.74, 6) is 0. The largest absolute Gasteiger partial charge is 0.456 e. The van der Waals surface area contributed by atoms with Gasteiger partial charge in [0.25, 0.3) is 0 Å². The minimum atomic E-state index is 0.401. The number of fused-ring (bicyclic) bond motifs is 9. The molecular weight excluding hydrogens is 675 g/mol. The van der Waals surface area contributed by atoms with Crippen LogP contribution in [0.15, 0.2) is 178 Å². The van der Waals surface area contributed by atoms with E-state index in [4.69, 9.17) is 19.6 Å². The Hall–Kier alpha value is -7.37. The summed E-state index contributed by atoms with van der Waals surface area (Å²) in [6.07, 6.45) is 2.01. The fourth-order valence-corrected chi connectivity index (χ4v) is 8.94. The van der Waals surface area contributed by atoms with Crippen LogP contribution in [-0.4, -0.2) is 10.3 Å². The fourth-order valence-electron chi connectivity index (χ4n) is 8.94. The third-order valence-corrected chi connectivity index (χ3v) is 11.5. The van der Waals surface area contributed by atoms with Gasteiger partial charge in [0.1, 0.15) is 29.0 Å². The highest BCUT2D eigenvalue weighted by molar-refractivity contribution is 6.30. The Morgan fingerprint density at radius 2 is 1.15 bits per heavy atom. The summed E-state index contributed by atoms with van der Waals surface area (Å²) in [5.41, 5.74) is 20.8. The van der Waals surface area contributed by atoms with Crippen molar-refractivity contribution in [2.75, 3.05) is 0 Å². The molecule has 5 nitrogen and oxygen atoms in total. The topological polar surface area (TPSA) is 69.6 Å². The first kappa shape index (κ1) is 30.1. The van der Waals surface area contributed by atoms with Gasteiger partial charge in [0.15, 0.2) is 0 Å². The summed E-state index contributed by atoms with van der Waals surface area (Å²) in [5, 5.41) is 9.26. The maximum Gasteiger partial charge on any atom is 0.139 e. The van der Waals surface area contributed by atoms with E-state index in [2.05, 4.69) is 102 Å². The van der Waals surface area contributed by atoms with Crippen molar-refractivity contribution in [3.63, 3.8) is 0 Å². The van der Waals surface area contributed by atoms with Gasteiger partial charge < -0.3 is 19.1 Å². The Bertz CT molecular complexity index is 3470. The highest BCUT2D eigenvalue weighted by Crippen LogP contribution is 2.49. The van der Waals surface area contributed by atoms with Crippen LogP contribution in [0.25, 0.3) is 104 Å². The second-order valence-corrected chi connectivity index (χ2v) is 14.4. The third kappa shape index (κ3) is 4.38. The van der Waals surface area contributed by atoms with Crippen molar-refractivity contribution in [2.45, 2.75) is 6.67 Å². The monoisotopic (exact) mass is 705 g/mol. The molecule has 0 bridgehead atoms. The highest BCUT2D eigenvalue weighted by atomic mass is 16.3. The summed E-state index contributed by atoms with van der Waals surface area (Å²) in [4.78, 5) is 5.43. The molecule has 55 heavy (non-hydrogen) atoms. The lowest BCUT2D eigenvalue weighted by molar-refractivity contribution is 0.656. The van der Waals surface area contributed by atoms with Gasteiger partial charge in [-0.25, -0.2) is 0 Å². The number of nitrogens with zero attached hydrogens (tertiary/aromatic N) is 2. The van der Waals surface area contributed by atoms with E-state index < -0.39 is 0 Å². The van der Waals surface area contributed by atoms with Gasteiger partial charge in [0.2, 0.25) is 0 Å². The van der Waals surface area contributed by atoms with E-state index in [-0.39, 0.29) is 0 Å². The normalized spacial score (nSPS) is 13.1. The Morgan fingerprint density at radius 1 is 0.491 bits per heavy atom. The van der Waals surface area contributed by atoms with Crippen LogP contribution in [-0.2, 0) is 6.67 Å². The van der Waals surface area contributed by atoms with Gasteiger partial charge in [-0.05, 0) is 87.1 Å². The van der Waals surface area contributed by atoms with E-state index >= 15 is 0 Å². The summed E-state index contributed by atoms with van der Waals surface area (Å²) < 4.78 is 14.9. The minimum Gasteiger partial charge on any atom is -0.456 e. The molecule has 3 aromatic heterocycles. The molecule has 0 atom stereocenters. The number of aliphatic imine (C=N–C) groups is 1. The second-order valence-electron chi connectivity index (χ2n) is 14.4. The summed E-state index contributed by atoms with van der Waals surface area (Å²) >= 11 is 0. The first-order chi connectivity index (χ1) is 27.2. The van der Waals surface area contributed by atoms with Crippen LogP contribution in [0.2, 0.25) is 0 Å². The van der Waals surface area contributed by atoms with Crippen molar-refractivity contribution in [3.8, 4) is 22.3 Å². The molecule has 1 aliphatic carbocycles. The van der Waals surface area contributed by atoms with Gasteiger partial charge in [-0.15, -0.1) is 0 Å². The lowest BCUT2D eigenvalue weighted by Gasteiger charge is -2.13. The molecule has 0 fully saturated rings. The maximum atomic E-state index is 6.85. The Morgan fingerprint density at radius 3 is 1.98 bits per heavy atom. The number of nitrogens with two attached hydrogens (primary N) is 1. The average molecular weight is 706 g/mol. The molecule has 0 spiro atoms. The van der Waals surface area contributed by atoms with Crippen LogP contribution >= 0.6 is 0 Å². The first-order valence-electron chi connectivity index (χ1n) is 18.6. The van der Waals surface area contributed by atoms with E-state index in [1.54, 1.807) is 0 Å². The fraction of sp³-hybridized carbons (Fsp3) is 0.0200. The molecule has 5 heteroatoms. The van der Waals surface area contributed by atoms with Crippen LogP contribution in [0, 0.1) is 0 Å². The quantitative estimate of drug-likeness (QED) is 0.181. The van der Waals surface area contributed by atoms with Crippen molar-refractivity contribution < 1.29 is 8.83 Å². The van der Waals surface area contributed by atoms with E-state index in [1.165, 1.54) is 43.8 Å². The molecule has 0 saturated carbocycles. The summed E-state index contributed by atoms with van der Waals surface area (Å²) in [6.45, 7) is 0.401. The molecule has 258 valence electrons. The average Bonchev–Trinajstić information content (AvgIpc) is 3.87. The zero-order valence-electron chi connectivity index (χ0n) is 29.6. The van der Waals surface area contributed by atoms with Gasteiger partial charge in [-0.3, -0.25) is 4.99 Å². The highest BCUT2D eigenvalue weighted by Gasteiger charge is 2.24. The SMILES string of the molecule is N/C(=C\C(=N/Cn1c2cccc3c2c2c4c(cccc4ccc21)-c1ccccc1-3)c1ccc2oc3cc4oc5ccccc5c4cc3c2c1)c1ccccc1. The van der Waals surface area contributed by atoms with Crippen LogP contribution in [0.3, 0.4) is 0 Å². The zero-order chi connectivity index (χ0) is 36.2. The minimum absolute atomic E-state index is 0.401. The number of hydrogen-bond acceptors (Lipinski definition) is 4. The number of benzene rings is 8. The van der Waals surface area contributed by atoms with E-state index in [0.717, 1.165) is 71.7 Å². The van der Waals surface area contributed by atoms with Crippen molar-refractivity contribution in [2.24, 2.45) is 10.7 Å². The van der Waals surface area contributed by atoms with Crippen LogP contribution in [0.5, 0.6) is 0 Å². The van der Waals surface area contributed by atoms with E-state index in [1.807, 2.05) is 66.7 Å². The summed E-state index contributed by atoms with van der Waals surface area (Å²) in [7, 11) is 0. The number of rotatable bonds is 5. The summed E-state index contributed by atoms with van der Waals surface area (Å²) in [6, 6.07) is 55.3. The number of para-hydroxylation sites is 1. The number of allylic oxidation sites excluding steroid dienone is 1. The van der Waals surface area contributed by atoms with Crippen molar-refractivity contribution in [3.05, 3.63) is 175 Å². The molecule has 0 amide bonds. The number of hydrogen-bond donors (Lipinski definition) is 1. The number of aromatic nitrogens is 1. The molecule has 0 saturated heterocycles. The second kappa shape index (κ2) is 11.3. The van der Waals surface area contributed by atoms with E-state index in [9.17, 15) is 0 Å². The molecule has 2 N–H and O–H groups in total. The lowest BCUT2D eigenvalue weighted by atomic mass is 9.93. The Labute approximate surface area is 314 Å². The van der Waals surface area contributed by atoms with Crippen molar-refractivity contribution in [1.82, 2.24) is 4.57 Å². The van der Waals surface area contributed by atoms with Gasteiger partial charge in [0.05, 0.1) is 16.7 Å². The molecule has 0 aliphatic heterocycles. The first-order valence-corrected chi connectivity index (χ1v) is 18.6. The lowest BCUT2D eigenvalue weighted by Crippen LogP contribution is -2.06. The predicted octanol–water partition coefficient (Wildman–Crippen LogP) is 12.8. The van der Waals surface area contributed by atoms with Crippen LogP contribution < -0.4 is 5.73 Å². The molecular formula is C50H31N3O2. The van der Waals surface area contributed by atoms with Gasteiger partial charge in [-0.1, -0.05) is 109 Å². The van der Waals surface area contributed by atoms with Gasteiger partial charge in [-0.2, -0.15) is 0 Å². The van der Waals surface area contributed by atoms with Crippen molar-refractivity contribution in [1.29, 1.82) is 0 Å². The maximum absolute atomic E-state index is 6.85. The number of furan rings is 2. The predicted molar refractivity (Wildman–Crippen MR) is 228 cm³/mol.